The Morgan fingerprint density at radius 1 is 1.08 bits per heavy atom. The van der Waals surface area contributed by atoms with Crippen molar-refractivity contribution in [1.29, 1.82) is 10.5 Å². The average molecular weight is 505 g/mol. The lowest BCUT2D eigenvalue weighted by Gasteiger charge is -2.14. The van der Waals surface area contributed by atoms with Crippen molar-refractivity contribution in [3.05, 3.63) is 94.6 Å². The molecule has 0 spiro atoms. The van der Waals surface area contributed by atoms with Gasteiger partial charge in [0, 0.05) is 25.7 Å². The summed E-state index contributed by atoms with van der Waals surface area (Å²) < 4.78 is 2.19. The maximum Gasteiger partial charge on any atom is 0.336 e. The number of carboxylic acid groups (broad SMARTS) is 1. The average Bonchev–Trinajstić information content (AvgIpc) is 3.26. The Morgan fingerprint density at radius 2 is 1.79 bits per heavy atom. The first-order valence-electron chi connectivity index (χ1n) is 12.3. The molecule has 1 heterocycles. The highest BCUT2D eigenvalue weighted by atomic mass is 16.4. The molecule has 0 fully saturated rings. The lowest BCUT2D eigenvalue weighted by atomic mass is 9.99. The molecule has 0 aliphatic rings. The smallest absolute Gasteiger partial charge is 0.336 e. The van der Waals surface area contributed by atoms with Gasteiger partial charge in [0.1, 0.15) is 23.8 Å². The molecule has 190 valence electrons. The van der Waals surface area contributed by atoms with Crippen LogP contribution in [0.3, 0.4) is 0 Å². The van der Waals surface area contributed by atoms with Gasteiger partial charge in [-0.2, -0.15) is 10.5 Å². The Bertz CT molecular complexity index is 1600. The molecule has 3 aromatic carbocycles. The molecule has 0 atom stereocenters. The van der Waals surface area contributed by atoms with Gasteiger partial charge in [0.05, 0.1) is 16.6 Å². The van der Waals surface area contributed by atoms with Gasteiger partial charge in [0.15, 0.2) is 5.57 Å². The van der Waals surface area contributed by atoms with Gasteiger partial charge in [-0.1, -0.05) is 49.4 Å². The van der Waals surface area contributed by atoms with Crippen LogP contribution in [0.4, 0.5) is 5.69 Å². The third-order valence-electron chi connectivity index (χ3n) is 6.35. The van der Waals surface area contributed by atoms with Gasteiger partial charge in [0.25, 0.3) is 0 Å². The van der Waals surface area contributed by atoms with Gasteiger partial charge in [-0.3, -0.25) is 0 Å². The highest BCUT2D eigenvalue weighted by molar-refractivity contribution is 5.96. The number of carbonyl (C=O) groups is 1. The standard InChI is InChI=1S/C30H28N6O2/c1-4-7-27-35-28-19(2)14-23(34-29(33-3)22(16-31)17-32)15-26(28)36(27)18-20-10-12-21(13-11-20)24-8-5-6-9-25(24)30(37)38/h5-6,8-15,33-34H,4,7,18H2,1-3H3,(H,37,38). The van der Waals surface area contributed by atoms with E-state index in [1.54, 1.807) is 19.2 Å². The van der Waals surface area contributed by atoms with E-state index >= 15 is 0 Å². The topological polar surface area (TPSA) is 127 Å². The van der Waals surface area contributed by atoms with Crippen molar-refractivity contribution in [2.24, 2.45) is 0 Å². The second kappa shape index (κ2) is 11.3. The van der Waals surface area contributed by atoms with Gasteiger partial charge in [-0.05, 0) is 53.8 Å². The highest BCUT2D eigenvalue weighted by Gasteiger charge is 2.16. The van der Waals surface area contributed by atoms with Crippen LogP contribution in [-0.4, -0.2) is 27.7 Å². The van der Waals surface area contributed by atoms with Crippen LogP contribution in [0.5, 0.6) is 0 Å². The summed E-state index contributed by atoms with van der Waals surface area (Å²) in [4.78, 5) is 16.6. The zero-order chi connectivity index (χ0) is 27.2. The Morgan fingerprint density at radius 3 is 2.42 bits per heavy atom. The normalized spacial score (nSPS) is 10.4. The summed E-state index contributed by atoms with van der Waals surface area (Å²) in [5.41, 5.74) is 6.39. The fourth-order valence-corrected chi connectivity index (χ4v) is 4.53. The molecule has 4 aromatic rings. The molecule has 0 saturated carbocycles. The second-order valence-electron chi connectivity index (χ2n) is 8.92. The summed E-state index contributed by atoms with van der Waals surface area (Å²) in [6.45, 7) is 4.70. The predicted molar refractivity (Wildman–Crippen MR) is 147 cm³/mol. The van der Waals surface area contributed by atoms with Crippen molar-refractivity contribution < 1.29 is 9.90 Å². The van der Waals surface area contributed by atoms with E-state index in [0.717, 1.165) is 52.1 Å². The van der Waals surface area contributed by atoms with Crippen molar-refractivity contribution >= 4 is 22.7 Å². The molecule has 8 heteroatoms. The van der Waals surface area contributed by atoms with Crippen LogP contribution in [0.25, 0.3) is 22.2 Å². The number of aromatic nitrogens is 2. The largest absolute Gasteiger partial charge is 0.478 e. The van der Waals surface area contributed by atoms with Crippen LogP contribution < -0.4 is 10.6 Å². The lowest BCUT2D eigenvalue weighted by Crippen LogP contribution is -2.17. The molecule has 0 bridgehead atoms. The maximum atomic E-state index is 11.7. The molecule has 0 aliphatic carbocycles. The molecular formula is C30H28N6O2. The number of benzene rings is 3. The fourth-order valence-electron chi connectivity index (χ4n) is 4.53. The molecule has 0 saturated heterocycles. The van der Waals surface area contributed by atoms with Gasteiger partial charge >= 0.3 is 5.97 Å². The van der Waals surface area contributed by atoms with E-state index in [4.69, 9.17) is 4.98 Å². The van der Waals surface area contributed by atoms with Crippen molar-refractivity contribution in [2.45, 2.75) is 33.2 Å². The lowest BCUT2D eigenvalue weighted by molar-refractivity contribution is 0.0697. The Kier molecular flexibility index (Phi) is 7.74. The van der Waals surface area contributed by atoms with E-state index in [0.29, 0.717) is 17.9 Å². The van der Waals surface area contributed by atoms with E-state index in [2.05, 4.69) is 22.1 Å². The summed E-state index contributed by atoms with van der Waals surface area (Å²) in [5, 5.41) is 34.2. The van der Waals surface area contributed by atoms with Gasteiger partial charge in [-0.15, -0.1) is 0 Å². The number of imidazole rings is 1. The number of aromatic carboxylic acids is 1. The van der Waals surface area contributed by atoms with Crippen molar-refractivity contribution in [3.8, 4) is 23.3 Å². The molecule has 1 aromatic heterocycles. The molecule has 4 rings (SSSR count). The predicted octanol–water partition coefficient (Wildman–Crippen LogP) is 5.60. The number of carboxylic acids is 1. The quantitative estimate of drug-likeness (QED) is 0.253. The van der Waals surface area contributed by atoms with E-state index in [9.17, 15) is 20.4 Å². The van der Waals surface area contributed by atoms with Crippen LogP contribution in [0.2, 0.25) is 0 Å². The van der Waals surface area contributed by atoms with Gasteiger partial charge in [-0.25, -0.2) is 9.78 Å². The molecule has 0 aliphatic heterocycles. The molecular weight excluding hydrogens is 476 g/mol. The van der Waals surface area contributed by atoms with Crippen LogP contribution in [0, 0.1) is 29.6 Å². The SMILES string of the molecule is CCCc1nc2c(C)cc(NC(NC)=C(C#N)C#N)cc2n1Cc1ccc(-c2ccccc2C(=O)O)cc1. The number of anilines is 1. The number of fused-ring (bicyclic) bond motifs is 1. The Hall–Kier alpha value is -5.08. The van der Waals surface area contributed by atoms with Crippen molar-refractivity contribution in [2.75, 3.05) is 12.4 Å². The number of hydrogen-bond acceptors (Lipinski definition) is 6. The summed E-state index contributed by atoms with van der Waals surface area (Å²) >= 11 is 0. The van der Waals surface area contributed by atoms with E-state index in [1.165, 1.54) is 0 Å². The van der Waals surface area contributed by atoms with Gasteiger partial charge < -0.3 is 20.3 Å². The number of nitriles is 2. The van der Waals surface area contributed by atoms with Crippen molar-refractivity contribution in [3.63, 3.8) is 0 Å². The van der Waals surface area contributed by atoms with Crippen LogP contribution >= 0.6 is 0 Å². The zero-order valence-electron chi connectivity index (χ0n) is 21.5. The molecule has 3 N–H and O–H groups in total. The van der Waals surface area contributed by atoms with E-state index in [1.807, 2.05) is 67.6 Å². The first-order valence-corrected chi connectivity index (χ1v) is 12.3. The number of nitrogens with one attached hydrogen (secondary N) is 2. The first-order chi connectivity index (χ1) is 18.4. The molecule has 8 nitrogen and oxygen atoms in total. The van der Waals surface area contributed by atoms with Crippen LogP contribution in [0.15, 0.2) is 72.1 Å². The van der Waals surface area contributed by atoms with E-state index in [-0.39, 0.29) is 11.1 Å². The summed E-state index contributed by atoms with van der Waals surface area (Å²) in [5.74, 6) is 0.361. The second-order valence-corrected chi connectivity index (χ2v) is 8.92. The van der Waals surface area contributed by atoms with Crippen molar-refractivity contribution in [1.82, 2.24) is 14.9 Å². The fraction of sp³-hybridized carbons (Fsp3) is 0.200. The highest BCUT2D eigenvalue weighted by Crippen LogP contribution is 2.28. The minimum Gasteiger partial charge on any atom is -0.478 e. The Labute approximate surface area is 221 Å². The Balaban J connectivity index is 1.74. The third kappa shape index (κ3) is 5.21. The summed E-state index contributed by atoms with van der Waals surface area (Å²) in [6, 6.07) is 22.7. The van der Waals surface area contributed by atoms with Crippen LogP contribution in [-0.2, 0) is 13.0 Å². The first kappa shape index (κ1) is 26.0. The number of nitrogens with zero attached hydrogens (tertiary/aromatic N) is 4. The maximum absolute atomic E-state index is 11.7. The minimum atomic E-state index is -0.952. The number of aryl methyl sites for hydroxylation is 2. The zero-order valence-corrected chi connectivity index (χ0v) is 21.5. The van der Waals surface area contributed by atoms with Gasteiger partial charge in [0.2, 0.25) is 0 Å². The summed E-state index contributed by atoms with van der Waals surface area (Å²) in [7, 11) is 1.66. The molecule has 38 heavy (non-hydrogen) atoms. The third-order valence-corrected chi connectivity index (χ3v) is 6.35. The number of rotatable bonds is 9. The molecule has 0 unspecified atom stereocenters. The molecule has 0 radical (unpaired) electrons. The number of hydrogen-bond donors (Lipinski definition) is 3. The minimum absolute atomic E-state index is 0.0324. The summed E-state index contributed by atoms with van der Waals surface area (Å²) in [6.07, 6.45) is 1.76. The monoisotopic (exact) mass is 504 g/mol. The molecule has 0 amide bonds. The van der Waals surface area contributed by atoms with E-state index < -0.39 is 5.97 Å². The van der Waals surface area contributed by atoms with Crippen LogP contribution in [0.1, 0.15) is 40.7 Å². The number of allylic oxidation sites excluding steroid dienone is 1.